The zero-order valence-corrected chi connectivity index (χ0v) is 17.6. The minimum Gasteiger partial charge on any atom is -0.309 e. The summed E-state index contributed by atoms with van der Waals surface area (Å²) in [6.45, 7) is 12.7. The maximum Gasteiger partial charge on any atom is 0.0992 e. The van der Waals surface area contributed by atoms with Gasteiger partial charge in [-0.3, -0.25) is 9.97 Å². The average Bonchev–Trinajstić information content (AvgIpc) is 3.26. The summed E-state index contributed by atoms with van der Waals surface area (Å²) in [4.78, 5) is 9.31. The van der Waals surface area contributed by atoms with Crippen LogP contribution in [-0.2, 0) is 0 Å². The van der Waals surface area contributed by atoms with Crippen LogP contribution >= 0.6 is 0 Å². The predicted octanol–water partition coefficient (Wildman–Crippen LogP) is 6.88. The van der Waals surface area contributed by atoms with Crippen molar-refractivity contribution in [1.29, 1.82) is 0 Å². The van der Waals surface area contributed by atoms with Crippen LogP contribution in [0.15, 0.2) is 74.1 Å². The summed E-state index contributed by atoms with van der Waals surface area (Å²) in [5.41, 5.74) is 11.8. The van der Waals surface area contributed by atoms with Gasteiger partial charge in [0.15, 0.2) is 0 Å². The van der Waals surface area contributed by atoms with Gasteiger partial charge in [0.1, 0.15) is 0 Å². The summed E-state index contributed by atoms with van der Waals surface area (Å²) in [5, 5.41) is 2.52. The van der Waals surface area contributed by atoms with Crippen molar-refractivity contribution in [2.45, 2.75) is 13.8 Å². The molecule has 0 amide bonds. The van der Waals surface area contributed by atoms with Gasteiger partial charge in [-0.05, 0) is 49.7 Å². The van der Waals surface area contributed by atoms with Gasteiger partial charge in [-0.25, -0.2) is 0 Å². The van der Waals surface area contributed by atoms with Crippen molar-refractivity contribution in [1.82, 2.24) is 14.5 Å². The molecule has 6 rings (SSSR count). The van der Waals surface area contributed by atoms with Crippen molar-refractivity contribution in [3.63, 3.8) is 0 Å². The second-order valence-electron chi connectivity index (χ2n) is 8.24. The number of nitrogens with zero attached hydrogens (tertiary/aromatic N) is 3. The maximum absolute atomic E-state index is 4.71. The highest BCUT2D eigenvalue weighted by Crippen LogP contribution is 2.47. The molecular weight excluding hydrogens is 378 g/mol. The fourth-order valence-corrected chi connectivity index (χ4v) is 4.90. The van der Waals surface area contributed by atoms with Crippen LogP contribution in [0.2, 0.25) is 0 Å². The third kappa shape index (κ3) is 2.34. The average molecular weight is 399 g/mol. The quantitative estimate of drug-likeness (QED) is 0.318. The van der Waals surface area contributed by atoms with Crippen molar-refractivity contribution in [3.05, 3.63) is 102 Å². The van der Waals surface area contributed by atoms with E-state index in [1.54, 1.807) is 12.4 Å². The maximum atomic E-state index is 4.71. The lowest BCUT2D eigenvalue weighted by molar-refractivity contribution is 1.16. The molecule has 0 N–H and O–H groups in total. The van der Waals surface area contributed by atoms with Crippen LogP contribution in [0.25, 0.3) is 50.4 Å². The molecule has 0 aliphatic heterocycles. The zero-order valence-electron chi connectivity index (χ0n) is 17.6. The predicted molar refractivity (Wildman–Crippen MR) is 130 cm³/mol. The molecule has 0 saturated carbocycles. The summed E-state index contributed by atoms with van der Waals surface area (Å²) in [6.07, 6.45) is 5.37. The lowest BCUT2D eigenvalue weighted by Crippen LogP contribution is -1.99. The first-order valence-corrected chi connectivity index (χ1v) is 10.4. The minimum atomic E-state index is 0.848. The number of benzene rings is 3. The highest BCUT2D eigenvalue weighted by Gasteiger charge is 2.30. The van der Waals surface area contributed by atoms with Gasteiger partial charge in [-0.2, -0.15) is 0 Å². The van der Waals surface area contributed by atoms with Crippen LogP contribution < -0.4 is 0 Å². The molecule has 2 aromatic heterocycles. The molecule has 0 unspecified atom stereocenters. The van der Waals surface area contributed by atoms with Crippen LogP contribution in [0.4, 0.5) is 0 Å². The Morgan fingerprint density at radius 3 is 2.00 bits per heavy atom. The van der Waals surface area contributed by atoms with E-state index in [0.717, 1.165) is 39.3 Å². The molecule has 0 fully saturated rings. The highest BCUT2D eigenvalue weighted by atomic mass is 15.0. The van der Waals surface area contributed by atoms with Crippen molar-refractivity contribution in [2.75, 3.05) is 0 Å². The van der Waals surface area contributed by atoms with Gasteiger partial charge in [0.25, 0.3) is 0 Å². The summed E-state index contributed by atoms with van der Waals surface area (Å²) < 4.78 is 2.35. The Bertz CT molecular complexity index is 1520. The van der Waals surface area contributed by atoms with Crippen LogP contribution in [-0.4, -0.2) is 14.5 Å². The number of hydrogen-bond acceptors (Lipinski definition) is 2. The number of rotatable bonds is 2. The third-order valence-corrected chi connectivity index (χ3v) is 6.28. The molecule has 1 aliphatic carbocycles. The standard InChI is InChI=1S/C28H21N3/c1-5-19-8-11-24(26-25(19)18(4)27-28(26)30-13-12-29-27)31-22-9-6-16(2)14-20(22)21-15-17(3)7-10-23(21)31/h5-15H,1,4H2,2-3H3. The van der Waals surface area contributed by atoms with Crippen molar-refractivity contribution >= 4 is 33.5 Å². The van der Waals surface area contributed by atoms with E-state index in [0.29, 0.717) is 0 Å². The SMILES string of the molecule is C=Cc1ccc(-n2c3ccc(C)cc3c3cc(C)ccc32)c2c1C(=C)c1nccnc1-2. The van der Waals surface area contributed by atoms with E-state index in [1.165, 1.54) is 32.9 Å². The van der Waals surface area contributed by atoms with Crippen LogP contribution in [0.1, 0.15) is 27.9 Å². The minimum absolute atomic E-state index is 0.848. The first kappa shape index (κ1) is 17.8. The Labute approximate surface area is 181 Å². The van der Waals surface area contributed by atoms with Gasteiger partial charge >= 0.3 is 0 Å². The fraction of sp³-hybridized carbons (Fsp3) is 0.0714. The summed E-state index contributed by atoms with van der Waals surface area (Å²) in [6, 6.07) is 17.6. The van der Waals surface area contributed by atoms with Crippen LogP contribution in [0.3, 0.4) is 0 Å². The Balaban J connectivity index is 1.81. The smallest absolute Gasteiger partial charge is 0.0992 e. The topological polar surface area (TPSA) is 30.7 Å². The van der Waals surface area contributed by atoms with Crippen LogP contribution in [0, 0.1) is 13.8 Å². The summed E-state index contributed by atoms with van der Waals surface area (Å²) >= 11 is 0. The van der Waals surface area contributed by atoms with E-state index < -0.39 is 0 Å². The van der Waals surface area contributed by atoms with Gasteiger partial charge < -0.3 is 4.57 Å². The monoisotopic (exact) mass is 399 g/mol. The van der Waals surface area contributed by atoms with Crippen LogP contribution in [0.5, 0.6) is 0 Å². The Kier molecular flexibility index (Phi) is 3.60. The first-order valence-electron chi connectivity index (χ1n) is 10.4. The number of hydrogen-bond donors (Lipinski definition) is 0. The van der Waals surface area contributed by atoms with Gasteiger partial charge in [0, 0.05) is 39.9 Å². The molecule has 0 saturated heterocycles. The first-order chi connectivity index (χ1) is 15.1. The molecular formula is C28H21N3. The molecule has 148 valence electrons. The molecule has 0 bridgehead atoms. The Morgan fingerprint density at radius 2 is 1.39 bits per heavy atom. The Morgan fingerprint density at radius 1 is 0.774 bits per heavy atom. The number of aromatic nitrogens is 3. The zero-order chi connectivity index (χ0) is 21.3. The van der Waals surface area contributed by atoms with Crippen molar-refractivity contribution < 1.29 is 0 Å². The molecule has 1 aliphatic rings. The van der Waals surface area contributed by atoms with Gasteiger partial charge in [0.2, 0.25) is 0 Å². The summed E-state index contributed by atoms with van der Waals surface area (Å²) in [7, 11) is 0. The van der Waals surface area contributed by atoms with Crippen molar-refractivity contribution in [2.24, 2.45) is 0 Å². The van der Waals surface area contributed by atoms with Gasteiger partial charge in [-0.15, -0.1) is 0 Å². The summed E-state index contributed by atoms with van der Waals surface area (Å²) in [5.74, 6) is 0. The molecule has 0 spiro atoms. The van der Waals surface area contributed by atoms with Crippen molar-refractivity contribution in [3.8, 4) is 16.9 Å². The fourth-order valence-electron chi connectivity index (χ4n) is 4.90. The number of fused-ring (bicyclic) bond motifs is 6. The van der Waals surface area contributed by atoms with E-state index >= 15 is 0 Å². The lowest BCUT2D eigenvalue weighted by Gasteiger charge is -2.15. The molecule has 0 atom stereocenters. The molecule has 3 heteroatoms. The van der Waals surface area contributed by atoms with E-state index in [-0.39, 0.29) is 0 Å². The molecule has 3 nitrogen and oxygen atoms in total. The van der Waals surface area contributed by atoms with E-state index in [4.69, 9.17) is 4.98 Å². The number of aryl methyl sites for hydroxylation is 2. The van der Waals surface area contributed by atoms with Gasteiger partial charge in [-0.1, -0.05) is 48.6 Å². The largest absolute Gasteiger partial charge is 0.309 e. The Hall–Kier alpha value is -3.98. The molecule has 2 heterocycles. The molecule has 0 radical (unpaired) electrons. The second kappa shape index (κ2) is 6.26. The molecule has 31 heavy (non-hydrogen) atoms. The molecule has 5 aromatic rings. The third-order valence-electron chi connectivity index (χ3n) is 6.28. The highest BCUT2D eigenvalue weighted by molar-refractivity contribution is 6.11. The lowest BCUT2D eigenvalue weighted by atomic mass is 9.98. The van der Waals surface area contributed by atoms with E-state index in [9.17, 15) is 0 Å². The van der Waals surface area contributed by atoms with Gasteiger partial charge in [0.05, 0.1) is 28.1 Å². The second-order valence-corrected chi connectivity index (χ2v) is 8.24. The normalized spacial score (nSPS) is 12.4. The van der Waals surface area contributed by atoms with E-state index in [2.05, 4.69) is 85.1 Å². The molecule has 3 aromatic carbocycles. The van der Waals surface area contributed by atoms with E-state index in [1.807, 2.05) is 6.08 Å².